The molecule has 0 spiro atoms. The first-order valence-electron chi connectivity index (χ1n) is 8.85. The second-order valence-corrected chi connectivity index (χ2v) is 8.47. The van der Waals surface area contributed by atoms with E-state index in [0.29, 0.717) is 18.0 Å². The van der Waals surface area contributed by atoms with Crippen molar-refractivity contribution in [2.45, 2.75) is 27.7 Å². The van der Waals surface area contributed by atoms with Gasteiger partial charge < -0.3 is 15.0 Å². The lowest BCUT2D eigenvalue weighted by molar-refractivity contribution is 0.0932. The highest BCUT2D eigenvalue weighted by Gasteiger charge is 2.22. The van der Waals surface area contributed by atoms with Crippen molar-refractivity contribution in [2.24, 2.45) is 5.41 Å². The molecule has 1 aromatic heterocycles. The third-order valence-electron chi connectivity index (χ3n) is 3.89. The van der Waals surface area contributed by atoms with Crippen LogP contribution in [0.5, 0.6) is 5.75 Å². The molecule has 0 saturated heterocycles. The van der Waals surface area contributed by atoms with Crippen molar-refractivity contribution in [3.05, 3.63) is 34.8 Å². The van der Waals surface area contributed by atoms with Crippen molar-refractivity contribution < 1.29 is 9.53 Å². The molecule has 26 heavy (non-hydrogen) atoms. The van der Waals surface area contributed by atoms with E-state index in [1.54, 1.807) is 0 Å². The smallest absolute Gasteiger partial charge is 0.263 e. The van der Waals surface area contributed by atoms with Crippen LogP contribution in [0.2, 0.25) is 0 Å². The first-order valence-corrected chi connectivity index (χ1v) is 9.67. The predicted molar refractivity (Wildman–Crippen MR) is 108 cm³/mol. The molecule has 0 unspecified atom stereocenters. The van der Waals surface area contributed by atoms with Crippen molar-refractivity contribution in [1.82, 2.24) is 15.2 Å². The number of carbonyl (C=O) groups is 1. The molecule has 0 aliphatic heterocycles. The molecule has 0 radical (unpaired) electrons. The number of benzene rings is 1. The monoisotopic (exact) mass is 375 g/mol. The molecule has 0 fully saturated rings. The second-order valence-electron chi connectivity index (χ2n) is 7.48. The molecule has 0 atom stereocenters. The normalized spacial score (nSPS) is 11.7. The summed E-state index contributed by atoms with van der Waals surface area (Å²) in [7, 11) is 4.08. The number of carbonyl (C=O) groups excluding carboxylic acids is 1. The van der Waals surface area contributed by atoms with Crippen molar-refractivity contribution in [3.63, 3.8) is 0 Å². The van der Waals surface area contributed by atoms with Crippen molar-refractivity contribution in [1.29, 1.82) is 0 Å². The quantitative estimate of drug-likeness (QED) is 0.762. The van der Waals surface area contributed by atoms with Gasteiger partial charge in [-0.15, -0.1) is 11.3 Å². The van der Waals surface area contributed by atoms with Crippen LogP contribution in [0, 0.1) is 12.3 Å². The van der Waals surface area contributed by atoms with Crippen LogP contribution in [0.25, 0.3) is 10.6 Å². The van der Waals surface area contributed by atoms with Crippen LogP contribution in [0.4, 0.5) is 0 Å². The van der Waals surface area contributed by atoms with Gasteiger partial charge in [0.15, 0.2) is 0 Å². The van der Waals surface area contributed by atoms with Gasteiger partial charge in [-0.05, 0) is 57.6 Å². The van der Waals surface area contributed by atoms with Gasteiger partial charge in [-0.25, -0.2) is 4.98 Å². The van der Waals surface area contributed by atoms with Crippen LogP contribution in [0.1, 0.15) is 36.1 Å². The van der Waals surface area contributed by atoms with Crippen LogP contribution in [0.15, 0.2) is 24.3 Å². The fraction of sp³-hybridized carbons (Fsp3) is 0.500. The van der Waals surface area contributed by atoms with Gasteiger partial charge >= 0.3 is 0 Å². The second kappa shape index (κ2) is 8.64. The van der Waals surface area contributed by atoms with E-state index in [1.807, 2.05) is 52.2 Å². The molecule has 2 rings (SSSR count). The zero-order chi connectivity index (χ0) is 19.3. The number of nitrogens with one attached hydrogen (secondary N) is 1. The van der Waals surface area contributed by atoms with Crippen LogP contribution in [-0.2, 0) is 0 Å². The molecular weight excluding hydrogens is 346 g/mol. The summed E-state index contributed by atoms with van der Waals surface area (Å²) in [5.74, 6) is 0.787. The molecule has 2 aromatic rings. The van der Waals surface area contributed by atoms with Gasteiger partial charge in [0, 0.05) is 18.7 Å². The molecule has 1 N–H and O–H groups in total. The average molecular weight is 376 g/mol. The van der Waals surface area contributed by atoms with E-state index < -0.39 is 0 Å². The Kier molecular flexibility index (Phi) is 6.78. The summed E-state index contributed by atoms with van der Waals surface area (Å²) >= 11 is 1.43. The summed E-state index contributed by atoms with van der Waals surface area (Å²) < 4.78 is 5.47. The Morgan fingerprint density at radius 2 is 1.92 bits per heavy atom. The minimum Gasteiger partial charge on any atom is -0.494 e. The van der Waals surface area contributed by atoms with E-state index in [1.165, 1.54) is 11.3 Å². The number of rotatable bonds is 8. The fourth-order valence-electron chi connectivity index (χ4n) is 2.90. The van der Waals surface area contributed by atoms with E-state index in [-0.39, 0.29) is 11.3 Å². The maximum Gasteiger partial charge on any atom is 0.263 e. The number of thiazole rings is 1. The molecule has 1 amide bonds. The van der Waals surface area contributed by atoms with Crippen LogP contribution in [0.3, 0.4) is 0 Å². The highest BCUT2D eigenvalue weighted by Crippen LogP contribution is 2.29. The summed E-state index contributed by atoms with van der Waals surface area (Å²) in [6.07, 6.45) is 0. The molecule has 0 bridgehead atoms. The van der Waals surface area contributed by atoms with E-state index in [4.69, 9.17) is 4.74 Å². The minimum atomic E-state index is -0.0518. The van der Waals surface area contributed by atoms with Gasteiger partial charge in [0.05, 0.1) is 12.3 Å². The average Bonchev–Trinajstić information content (AvgIpc) is 2.94. The van der Waals surface area contributed by atoms with Gasteiger partial charge in [-0.2, -0.15) is 0 Å². The Balaban J connectivity index is 2.08. The number of amides is 1. The first-order chi connectivity index (χ1) is 12.2. The van der Waals surface area contributed by atoms with Crippen LogP contribution >= 0.6 is 11.3 Å². The third-order valence-corrected chi connectivity index (χ3v) is 5.09. The summed E-state index contributed by atoms with van der Waals surface area (Å²) in [4.78, 5) is 20.0. The maximum absolute atomic E-state index is 12.6. The van der Waals surface area contributed by atoms with Crippen LogP contribution in [-0.4, -0.2) is 49.6 Å². The number of hydrogen-bond donors (Lipinski definition) is 1. The summed E-state index contributed by atoms with van der Waals surface area (Å²) in [6, 6.07) is 7.81. The fourth-order valence-corrected chi connectivity index (χ4v) is 3.89. The van der Waals surface area contributed by atoms with E-state index in [9.17, 15) is 4.79 Å². The third kappa shape index (κ3) is 5.54. The Labute approximate surface area is 160 Å². The molecule has 0 aliphatic carbocycles. The molecule has 142 valence electrons. The highest BCUT2D eigenvalue weighted by molar-refractivity contribution is 7.17. The Morgan fingerprint density at radius 1 is 1.27 bits per heavy atom. The molecule has 1 heterocycles. The summed E-state index contributed by atoms with van der Waals surface area (Å²) in [6.45, 7) is 10.3. The largest absolute Gasteiger partial charge is 0.494 e. The van der Waals surface area contributed by atoms with E-state index in [2.05, 4.69) is 29.0 Å². The maximum atomic E-state index is 12.6. The molecule has 6 heteroatoms. The Morgan fingerprint density at radius 3 is 2.50 bits per heavy atom. The van der Waals surface area contributed by atoms with Crippen molar-refractivity contribution in [2.75, 3.05) is 33.8 Å². The summed E-state index contributed by atoms with van der Waals surface area (Å²) in [5, 5.41) is 3.91. The Bertz CT molecular complexity index is 736. The van der Waals surface area contributed by atoms with Crippen LogP contribution < -0.4 is 10.1 Å². The number of nitrogens with zero attached hydrogens (tertiary/aromatic N) is 2. The van der Waals surface area contributed by atoms with E-state index >= 15 is 0 Å². The lowest BCUT2D eigenvalue weighted by atomic mass is 9.93. The van der Waals surface area contributed by atoms with Gasteiger partial charge in [-0.1, -0.05) is 13.8 Å². The molecule has 1 aromatic carbocycles. The molecular formula is C20H29N3O2S. The number of aryl methyl sites for hydroxylation is 1. The minimum absolute atomic E-state index is 0.00961. The summed E-state index contributed by atoms with van der Waals surface area (Å²) in [5.41, 5.74) is 1.77. The lowest BCUT2D eigenvalue weighted by Crippen LogP contribution is -2.39. The zero-order valence-corrected chi connectivity index (χ0v) is 17.4. The van der Waals surface area contributed by atoms with Crippen molar-refractivity contribution in [3.8, 4) is 16.3 Å². The Hall–Kier alpha value is -1.92. The highest BCUT2D eigenvalue weighted by atomic mass is 32.1. The number of hydrogen-bond acceptors (Lipinski definition) is 5. The van der Waals surface area contributed by atoms with Gasteiger partial charge in [0.2, 0.25) is 0 Å². The van der Waals surface area contributed by atoms with Gasteiger partial charge in [0.25, 0.3) is 5.91 Å². The predicted octanol–water partition coefficient (Wildman–Crippen LogP) is 3.83. The first kappa shape index (κ1) is 20.4. The number of ether oxygens (including phenoxy) is 1. The number of aromatic nitrogens is 1. The zero-order valence-electron chi connectivity index (χ0n) is 16.5. The standard InChI is InChI=1S/C20H29N3O2S/c1-7-25-16-10-8-15(9-11-16)19-22-14(2)17(26-19)18(24)21-12-20(3,4)13-23(5)6/h8-11H,7,12-13H2,1-6H3,(H,21,24). The molecule has 0 saturated carbocycles. The van der Waals surface area contributed by atoms with E-state index in [0.717, 1.165) is 28.6 Å². The molecule has 5 nitrogen and oxygen atoms in total. The van der Waals surface area contributed by atoms with Gasteiger partial charge in [0.1, 0.15) is 15.6 Å². The topological polar surface area (TPSA) is 54.5 Å². The van der Waals surface area contributed by atoms with Gasteiger partial charge in [-0.3, -0.25) is 4.79 Å². The lowest BCUT2D eigenvalue weighted by Gasteiger charge is -2.28. The molecule has 0 aliphatic rings. The van der Waals surface area contributed by atoms with Crippen molar-refractivity contribution >= 4 is 17.2 Å². The SMILES string of the molecule is CCOc1ccc(-c2nc(C)c(C(=O)NCC(C)(C)CN(C)C)s2)cc1.